The second-order valence-corrected chi connectivity index (χ2v) is 5.02. The fraction of sp³-hybridized carbons (Fsp3) is 0.188. The number of aliphatic hydroxyl groups excluding tert-OH is 1. The third-order valence-corrected chi connectivity index (χ3v) is 3.68. The first kappa shape index (κ1) is 13.5. The van der Waals surface area contributed by atoms with Crippen molar-refractivity contribution in [3.05, 3.63) is 64.7 Å². The monoisotopic (exact) mass is 286 g/mol. The zero-order chi connectivity index (χ0) is 15.0. The van der Waals surface area contributed by atoms with Gasteiger partial charge in [0, 0.05) is 6.42 Å². The van der Waals surface area contributed by atoms with Crippen molar-refractivity contribution in [3.8, 4) is 6.07 Å². The molecule has 0 heterocycles. The highest BCUT2D eigenvalue weighted by molar-refractivity contribution is 5.53. The maximum absolute atomic E-state index is 13.9. The van der Waals surface area contributed by atoms with E-state index in [1.165, 1.54) is 0 Å². The summed E-state index contributed by atoms with van der Waals surface area (Å²) in [6.07, 6.45) is -0.315. The molecule has 0 radical (unpaired) electrons. The van der Waals surface area contributed by atoms with Crippen LogP contribution in [0.5, 0.6) is 0 Å². The molecule has 5 heteroatoms. The number of hydrogen-bond donors (Lipinski definition) is 2. The maximum atomic E-state index is 13.9. The van der Waals surface area contributed by atoms with Gasteiger partial charge in [-0.2, -0.15) is 5.26 Å². The Kier molecular flexibility index (Phi) is 3.32. The molecule has 0 bridgehead atoms. The van der Waals surface area contributed by atoms with Crippen LogP contribution in [0.15, 0.2) is 36.4 Å². The zero-order valence-electron chi connectivity index (χ0n) is 11.0. The van der Waals surface area contributed by atoms with Crippen LogP contribution in [0.3, 0.4) is 0 Å². The van der Waals surface area contributed by atoms with E-state index < -0.39 is 23.8 Å². The summed E-state index contributed by atoms with van der Waals surface area (Å²) in [4.78, 5) is 0. The number of benzene rings is 2. The van der Waals surface area contributed by atoms with Crippen molar-refractivity contribution >= 4 is 5.69 Å². The third kappa shape index (κ3) is 2.34. The number of aliphatic hydroxyl groups is 1. The Bertz CT molecular complexity index is 716. The van der Waals surface area contributed by atoms with Crippen LogP contribution in [0.1, 0.15) is 22.7 Å². The van der Waals surface area contributed by atoms with Crippen LogP contribution in [0.4, 0.5) is 14.5 Å². The molecule has 0 saturated heterocycles. The third-order valence-electron chi connectivity index (χ3n) is 3.68. The average molecular weight is 286 g/mol. The Morgan fingerprint density at radius 1 is 1.19 bits per heavy atom. The van der Waals surface area contributed by atoms with Crippen LogP contribution in [0, 0.1) is 23.0 Å². The topological polar surface area (TPSA) is 56.0 Å². The molecule has 106 valence electrons. The lowest BCUT2D eigenvalue weighted by Gasteiger charge is -2.20. The lowest BCUT2D eigenvalue weighted by molar-refractivity contribution is 0.165. The number of hydrogen-bond acceptors (Lipinski definition) is 3. The summed E-state index contributed by atoms with van der Waals surface area (Å²) in [6, 6.07) is 10.4. The summed E-state index contributed by atoms with van der Waals surface area (Å²) in [5, 5.41) is 21.5. The Morgan fingerprint density at radius 3 is 2.52 bits per heavy atom. The highest BCUT2D eigenvalue weighted by Gasteiger charge is 2.31. The number of anilines is 1. The quantitative estimate of drug-likeness (QED) is 0.892. The molecular formula is C16H12F2N2O. The van der Waals surface area contributed by atoms with Crippen LogP contribution < -0.4 is 5.32 Å². The predicted octanol–water partition coefficient (Wildman–Crippen LogP) is 2.91. The molecule has 0 spiro atoms. The fourth-order valence-electron chi connectivity index (χ4n) is 2.68. The first-order valence-electron chi connectivity index (χ1n) is 6.51. The minimum absolute atomic E-state index is 0.0806. The first-order valence-corrected chi connectivity index (χ1v) is 6.51. The summed E-state index contributed by atoms with van der Waals surface area (Å²) in [5.41, 5.74) is 1.38. The van der Waals surface area contributed by atoms with Crippen molar-refractivity contribution < 1.29 is 13.9 Å². The van der Waals surface area contributed by atoms with E-state index in [-0.39, 0.29) is 11.3 Å². The largest absolute Gasteiger partial charge is 0.390 e. The SMILES string of the molecule is N#Cc1cc(F)c(N[C@@H]2c3ccccc3C[C@@H]2O)c(F)c1. The molecule has 0 aliphatic heterocycles. The van der Waals surface area contributed by atoms with Gasteiger partial charge in [0.25, 0.3) is 0 Å². The predicted molar refractivity (Wildman–Crippen MR) is 73.6 cm³/mol. The second kappa shape index (κ2) is 5.15. The van der Waals surface area contributed by atoms with Crippen molar-refractivity contribution in [1.29, 1.82) is 5.26 Å². The molecule has 0 saturated carbocycles. The van der Waals surface area contributed by atoms with Gasteiger partial charge in [-0.3, -0.25) is 0 Å². The first-order chi connectivity index (χ1) is 10.1. The summed E-state index contributed by atoms with van der Waals surface area (Å²) in [7, 11) is 0. The van der Waals surface area contributed by atoms with Crippen molar-refractivity contribution in [2.45, 2.75) is 18.6 Å². The van der Waals surface area contributed by atoms with E-state index in [1.54, 1.807) is 6.07 Å². The number of nitrogens with zero attached hydrogens (tertiary/aromatic N) is 1. The zero-order valence-corrected chi connectivity index (χ0v) is 11.0. The van der Waals surface area contributed by atoms with Crippen molar-refractivity contribution in [2.24, 2.45) is 0 Å². The summed E-state index contributed by atoms with van der Waals surface area (Å²) in [5.74, 6) is -1.69. The molecule has 2 atom stereocenters. The summed E-state index contributed by atoms with van der Waals surface area (Å²) >= 11 is 0. The van der Waals surface area contributed by atoms with Gasteiger partial charge in [-0.15, -0.1) is 0 Å². The van der Waals surface area contributed by atoms with Crippen molar-refractivity contribution in [1.82, 2.24) is 0 Å². The minimum Gasteiger partial charge on any atom is -0.390 e. The lowest BCUT2D eigenvalue weighted by Crippen LogP contribution is -2.22. The lowest BCUT2D eigenvalue weighted by atomic mass is 10.1. The molecule has 3 nitrogen and oxygen atoms in total. The molecule has 0 amide bonds. The average Bonchev–Trinajstić information content (AvgIpc) is 2.78. The van der Waals surface area contributed by atoms with Gasteiger partial charge in [0.2, 0.25) is 0 Å². The molecule has 21 heavy (non-hydrogen) atoms. The highest BCUT2D eigenvalue weighted by Crippen LogP contribution is 2.35. The molecule has 2 aromatic rings. The van der Waals surface area contributed by atoms with Gasteiger partial charge in [0.05, 0.1) is 23.8 Å². The second-order valence-electron chi connectivity index (χ2n) is 5.02. The molecule has 0 unspecified atom stereocenters. The molecule has 1 aliphatic carbocycles. The van der Waals surface area contributed by atoms with Crippen LogP contribution >= 0.6 is 0 Å². The van der Waals surface area contributed by atoms with Crippen LogP contribution in [0.25, 0.3) is 0 Å². The van der Waals surface area contributed by atoms with Crippen LogP contribution in [-0.4, -0.2) is 11.2 Å². The Morgan fingerprint density at radius 2 is 1.86 bits per heavy atom. The van der Waals surface area contributed by atoms with E-state index >= 15 is 0 Å². The normalized spacial score (nSPS) is 19.9. The van der Waals surface area contributed by atoms with E-state index in [0.717, 1.165) is 23.3 Å². The van der Waals surface area contributed by atoms with Gasteiger partial charge in [0.1, 0.15) is 5.69 Å². The molecule has 2 N–H and O–H groups in total. The smallest absolute Gasteiger partial charge is 0.150 e. The molecular weight excluding hydrogens is 274 g/mol. The maximum Gasteiger partial charge on any atom is 0.150 e. The number of nitrogens with one attached hydrogen (secondary N) is 1. The Balaban J connectivity index is 1.97. The molecule has 0 aromatic heterocycles. The van der Waals surface area contributed by atoms with Gasteiger partial charge >= 0.3 is 0 Å². The molecule has 0 fully saturated rings. The van der Waals surface area contributed by atoms with Gasteiger partial charge in [-0.25, -0.2) is 8.78 Å². The number of rotatable bonds is 2. The van der Waals surface area contributed by atoms with E-state index in [2.05, 4.69) is 5.32 Å². The fourth-order valence-corrected chi connectivity index (χ4v) is 2.68. The van der Waals surface area contributed by atoms with Gasteiger partial charge in [-0.1, -0.05) is 24.3 Å². The summed E-state index contributed by atoms with van der Waals surface area (Å²) < 4.78 is 27.8. The highest BCUT2D eigenvalue weighted by atomic mass is 19.1. The number of nitriles is 1. The van der Waals surface area contributed by atoms with Gasteiger partial charge in [-0.05, 0) is 23.3 Å². The summed E-state index contributed by atoms with van der Waals surface area (Å²) in [6.45, 7) is 0. The van der Waals surface area contributed by atoms with Gasteiger partial charge < -0.3 is 10.4 Å². The van der Waals surface area contributed by atoms with E-state index in [0.29, 0.717) is 6.42 Å². The van der Waals surface area contributed by atoms with Crippen LogP contribution in [-0.2, 0) is 6.42 Å². The van der Waals surface area contributed by atoms with E-state index in [9.17, 15) is 13.9 Å². The molecule has 1 aliphatic rings. The Hall–Kier alpha value is -2.45. The van der Waals surface area contributed by atoms with E-state index in [1.807, 2.05) is 24.3 Å². The molecule has 2 aromatic carbocycles. The molecule has 3 rings (SSSR count). The van der Waals surface area contributed by atoms with Crippen molar-refractivity contribution in [2.75, 3.05) is 5.32 Å². The van der Waals surface area contributed by atoms with Gasteiger partial charge in [0.15, 0.2) is 11.6 Å². The standard InChI is InChI=1S/C16H12F2N2O/c17-12-5-9(8-19)6-13(18)16(12)20-15-11-4-2-1-3-10(11)7-14(15)21/h1-6,14-15,20-21H,7H2/t14-,15+/m0/s1. The van der Waals surface area contributed by atoms with Crippen LogP contribution in [0.2, 0.25) is 0 Å². The Labute approximate surface area is 120 Å². The minimum atomic E-state index is -0.844. The van der Waals surface area contributed by atoms with Crippen molar-refractivity contribution in [3.63, 3.8) is 0 Å². The number of halogens is 2. The number of fused-ring (bicyclic) bond motifs is 1. The van der Waals surface area contributed by atoms with E-state index in [4.69, 9.17) is 5.26 Å².